The zero-order chi connectivity index (χ0) is 8.27. The maximum atomic E-state index is 5.01. The van der Waals surface area contributed by atoms with Crippen molar-refractivity contribution >= 4 is 39.0 Å². The molecular weight excluding hydrogens is 268 g/mol. The Bertz CT molecular complexity index is 258. The average Bonchev–Trinajstić information content (AvgIpc) is 2.04. The zero-order valence-electron chi connectivity index (χ0n) is 7.43. The summed E-state index contributed by atoms with van der Waals surface area (Å²) in [5.74, 6) is 1.45. The average molecular weight is 276 g/mol. The van der Waals surface area contributed by atoms with Crippen LogP contribution in [0.4, 0.5) is 0 Å². The SMILES string of the molecule is COc1[c-]cc(OC)c(Br)c1.[Cl-].[Mg+2]. The van der Waals surface area contributed by atoms with Crippen LogP contribution in [-0.2, 0) is 0 Å². The Morgan fingerprint density at radius 3 is 2.31 bits per heavy atom. The molecule has 5 heteroatoms. The number of hydrogen-bond donors (Lipinski definition) is 0. The molecule has 0 aromatic heterocycles. The molecule has 1 aromatic carbocycles. The third kappa shape index (κ3) is 4.40. The molecule has 0 spiro atoms. The maximum Gasteiger partial charge on any atom is 2.00 e. The molecule has 0 N–H and O–H groups in total. The van der Waals surface area contributed by atoms with Crippen molar-refractivity contribution in [1.29, 1.82) is 0 Å². The number of hydrogen-bond acceptors (Lipinski definition) is 2. The first-order valence-corrected chi connectivity index (χ1v) is 3.86. The van der Waals surface area contributed by atoms with E-state index in [1.807, 2.05) is 0 Å². The van der Waals surface area contributed by atoms with Crippen LogP contribution in [0, 0.1) is 6.07 Å². The Hall–Kier alpha value is 0.356. The van der Waals surface area contributed by atoms with Crippen molar-refractivity contribution < 1.29 is 21.9 Å². The first kappa shape index (κ1) is 15.8. The molecule has 68 valence electrons. The van der Waals surface area contributed by atoms with E-state index in [9.17, 15) is 0 Å². The number of benzene rings is 1. The second kappa shape index (κ2) is 7.73. The van der Waals surface area contributed by atoms with Gasteiger partial charge in [0.15, 0.2) is 0 Å². The van der Waals surface area contributed by atoms with Crippen LogP contribution >= 0.6 is 15.9 Å². The van der Waals surface area contributed by atoms with Crippen LogP contribution in [0.2, 0.25) is 0 Å². The fourth-order valence-corrected chi connectivity index (χ4v) is 1.19. The van der Waals surface area contributed by atoms with E-state index < -0.39 is 0 Å². The first-order valence-electron chi connectivity index (χ1n) is 3.07. The summed E-state index contributed by atoms with van der Waals surface area (Å²) in [5, 5.41) is 0. The van der Waals surface area contributed by atoms with E-state index in [-0.39, 0.29) is 35.5 Å². The summed E-state index contributed by atoms with van der Waals surface area (Å²) in [4.78, 5) is 0. The first-order chi connectivity index (χ1) is 5.27. The van der Waals surface area contributed by atoms with Crippen LogP contribution in [0.3, 0.4) is 0 Å². The minimum atomic E-state index is 0. The Morgan fingerprint density at radius 1 is 1.31 bits per heavy atom. The molecule has 0 saturated carbocycles. The summed E-state index contributed by atoms with van der Waals surface area (Å²) in [5.41, 5.74) is 0. The van der Waals surface area contributed by atoms with Crippen molar-refractivity contribution in [1.82, 2.24) is 0 Å². The van der Waals surface area contributed by atoms with Crippen LogP contribution in [0.15, 0.2) is 16.6 Å². The van der Waals surface area contributed by atoms with Crippen LogP contribution < -0.4 is 21.9 Å². The predicted octanol–water partition coefficient (Wildman–Crippen LogP) is -1.11. The number of ether oxygens (including phenoxy) is 2. The molecular formula is C8H8BrClMgO2. The minimum absolute atomic E-state index is 0. The molecule has 0 aliphatic carbocycles. The van der Waals surface area contributed by atoms with Crippen LogP contribution in [-0.4, -0.2) is 37.3 Å². The molecule has 0 unspecified atom stereocenters. The standard InChI is InChI=1S/C8H8BrO2.ClH.Mg/c1-10-6-3-4-8(11-2)7(9)5-6;;/h4-5H,1-2H3;1H;/q-1;;+2/p-1. The molecule has 0 fully saturated rings. The van der Waals surface area contributed by atoms with E-state index in [0.717, 1.165) is 10.2 Å². The monoisotopic (exact) mass is 274 g/mol. The van der Waals surface area contributed by atoms with E-state index in [2.05, 4.69) is 22.0 Å². The van der Waals surface area contributed by atoms with Gasteiger partial charge in [0.05, 0.1) is 14.2 Å². The summed E-state index contributed by atoms with van der Waals surface area (Å²) in [6, 6.07) is 6.43. The zero-order valence-corrected chi connectivity index (χ0v) is 11.2. The topological polar surface area (TPSA) is 18.5 Å². The molecule has 0 bridgehead atoms. The molecule has 0 heterocycles. The van der Waals surface area contributed by atoms with Gasteiger partial charge in [0.25, 0.3) is 0 Å². The summed E-state index contributed by atoms with van der Waals surface area (Å²) in [6.07, 6.45) is 0. The molecule has 0 saturated heterocycles. The van der Waals surface area contributed by atoms with Crippen LogP contribution in [0.1, 0.15) is 0 Å². The van der Waals surface area contributed by atoms with Crippen LogP contribution in [0.25, 0.3) is 0 Å². The Balaban J connectivity index is 0. The van der Waals surface area contributed by atoms with Crippen molar-refractivity contribution in [2.45, 2.75) is 0 Å². The molecule has 0 radical (unpaired) electrons. The van der Waals surface area contributed by atoms with Crippen LogP contribution in [0.5, 0.6) is 11.5 Å². The Labute approximate surface area is 109 Å². The minimum Gasteiger partial charge on any atom is -1.00 e. The van der Waals surface area contributed by atoms with Crippen molar-refractivity contribution in [3.05, 3.63) is 22.7 Å². The van der Waals surface area contributed by atoms with E-state index >= 15 is 0 Å². The molecule has 1 rings (SSSR count). The fraction of sp³-hybridized carbons (Fsp3) is 0.250. The Kier molecular flexibility index (Phi) is 9.40. The summed E-state index contributed by atoms with van der Waals surface area (Å²) in [6.45, 7) is 0. The van der Waals surface area contributed by atoms with E-state index in [4.69, 9.17) is 9.47 Å². The summed E-state index contributed by atoms with van der Waals surface area (Å²) < 4.78 is 10.8. The van der Waals surface area contributed by atoms with E-state index in [0.29, 0.717) is 5.75 Å². The smallest absolute Gasteiger partial charge is 1.00 e. The summed E-state index contributed by atoms with van der Waals surface area (Å²) in [7, 11) is 3.21. The van der Waals surface area contributed by atoms with Crippen molar-refractivity contribution in [2.75, 3.05) is 14.2 Å². The second-order valence-electron chi connectivity index (χ2n) is 1.92. The van der Waals surface area contributed by atoms with Gasteiger partial charge in [-0.25, -0.2) is 0 Å². The van der Waals surface area contributed by atoms with Gasteiger partial charge in [-0.1, -0.05) is 15.9 Å². The summed E-state index contributed by atoms with van der Waals surface area (Å²) >= 11 is 3.32. The normalized spacial score (nSPS) is 7.92. The van der Waals surface area contributed by atoms with Gasteiger partial charge < -0.3 is 21.9 Å². The van der Waals surface area contributed by atoms with Gasteiger partial charge in [0.2, 0.25) is 0 Å². The fourth-order valence-electron chi connectivity index (χ4n) is 0.708. The molecule has 13 heavy (non-hydrogen) atoms. The largest absolute Gasteiger partial charge is 2.00 e. The molecule has 0 aliphatic rings. The molecule has 1 aromatic rings. The Morgan fingerprint density at radius 2 is 1.92 bits per heavy atom. The molecule has 0 aliphatic heterocycles. The maximum absolute atomic E-state index is 5.01. The van der Waals surface area contributed by atoms with Gasteiger partial charge in [0.1, 0.15) is 0 Å². The molecule has 0 amide bonds. The van der Waals surface area contributed by atoms with Gasteiger partial charge in [-0.05, 0) is 4.47 Å². The van der Waals surface area contributed by atoms with Gasteiger partial charge in [-0.2, -0.15) is 0 Å². The van der Waals surface area contributed by atoms with Crippen molar-refractivity contribution in [3.63, 3.8) is 0 Å². The quantitative estimate of drug-likeness (QED) is 0.503. The van der Waals surface area contributed by atoms with Gasteiger partial charge >= 0.3 is 23.1 Å². The molecule has 0 atom stereocenters. The van der Waals surface area contributed by atoms with Crippen molar-refractivity contribution in [3.8, 4) is 11.5 Å². The predicted molar refractivity (Wildman–Crippen MR) is 51.8 cm³/mol. The van der Waals surface area contributed by atoms with Gasteiger partial charge in [-0.3, -0.25) is 0 Å². The van der Waals surface area contributed by atoms with E-state index in [1.54, 1.807) is 26.4 Å². The third-order valence-corrected chi connectivity index (χ3v) is 1.90. The molecule has 2 nitrogen and oxygen atoms in total. The number of methoxy groups -OCH3 is 2. The van der Waals surface area contributed by atoms with Crippen molar-refractivity contribution in [2.24, 2.45) is 0 Å². The van der Waals surface area contributed by atoms with E-state index in [1.165, 1.54) is 0 Å². The van der Waals surface area contributed by atoms with Gasteiger partial charge in [-0.15, -0.1) is 18.2 Å². The number of halogens is 2. The van der Waals surface area contributed by atoms with Gasteiger partial charge in [0, 0.05) is 11.5 Å². The third-order valence-electron chi connectivity index (χ3n) is 1.28. The number of rotatable bonds is 2. The second-order valence-corrected chi connectivity index (χ2v) is 2.77.